The number of nitrogens with two attached hydrogens (primary N) is 4. The van der Waals surface area contributed by atoms with Gasteiger partial charge in [0.15, 0.2) is 0 Å². The van der Waals surface area contributed by atoms with Crippen molar-refractivity contribution in [2.24, 2.45) is 22.9 Å². The van der Waals surface area contributed by atoms with E-state index in [1.807, 2.05) is 64.4 Å². The second kappa shape index (κ2) is 10.6. The second-order valence-corrected chi connectivity index (χ2v) is 9.74. The summed E-state index contributed by atoms with van der Waals surface area (Å²) in [7, 11) is 0. The minimum atomic E-state index is -0.0435. The van der Waals surface area contributed by atoms with Crippen LogP contribution in [-0.4, -0.2) is 65.3 Å². The van der Waals surface area contributed by atoms with Gasteiger partial charge in [-0.05, 0) is 37.1 Å². The second-order valence-electron chi connectivity index (χ2n) is 9.74. The molecule has 190 valence electrons. The van der Waals surface area contributed by atoms with Crippen LogP contribution in [0.2, 0.25) is 0 Å². The fraction of sp³-hybridized carbons (Fsp3) is 0.400. The zero-order valence-electron chi connectivity index (χ0n) is 20.3. The van der Waals surface area contributed by atoms with Crippen molar-refractivity contribution in [2.45, 2.75) is 37.0 Å². The van der Waals surface area contributed by atoms with E-state index in [0.29, 0.717) is 44.0 Å². The van der Waals surface area contributed by atoms with Gasteiger partial charge in [-0.1, -0.05) is 30.3 Å². The van der Waals surface area contributed by atoms with Crippen molar-refractivity contribution >= 4 is 34.9 Å². The summed E-state index contributed by atoms with van der Waals surface area (Å²) in [4.78, 5) is 18.4. The number of rotatable bonds is 6. The first kappa shape index (κ1) is 24.2. The predicted molar refractivity (Wildman–Crippen MR) is 145 cm³/mol. The molecule has 10 N–H and O–H groups in total. The minimum absolute atomic E-state index is 0.0435. The van der Waals surface area contributed by atoms with Gasteiger partial charge in [-0.3, -0.25) is 0 Å². The molecule has 2 saturated heterocycles. The number of aromatic nitrogens is 3. The van der Waals surface area contributed by atoms with Gasteiger partial charge < -0.3 is 43.4 Å². The molecule has 2 aliphatic rings. The molecular formula is C25H35N11. The van der Waals surface area contributed by atoms with Gasteiger partial charge in [0.2, 0.25) is 17.8 Å². The Labute approximate surface area is 211 Å². The molecule has 36 heavy (non-hydrogen) atoms. The van der Waals surface area contributed by atoms with Gasteiger partial charge in [-0.25, -0.2) is 0 Å². The van der Waals surface area contributed by atoms with Crippen molar-refractivity contribution in [3.05, 3.63) is 54.6 Å². The summed E-state index contributed by atoms with van der Waals surface area (Å²) in [5, 5.41) is 6.84. The molecule has 11 heteroatoms. The SMILES string of the molecule is NC1CC(N)CN(c2nc(Nc3ccccc3Nc3ccccc3)nc(N3CC(N)CC(N)C3)n2)C1. The summed E-state index contributed by atoms with van der Waals surface area (Å²) >= 11 is 0. The Kier molecular flexibility index (Phi) is 7.14. The van der Waals surface area contributed by atoms with E-state index >= 15 is 0 Å². The topological polar surface area (TPSA) is 173 Å². The summed E-state index contributed by atoms with van der Waals surface area (Å²) in [6, 6.07) is 17.8. The van der Waals surface area contributed by atoms with E-state index in [1.165, 1.54) is 0 Å². The molecule has 2 aliphatic heterocycles. The van der Waals surface area contributed by atoms with Crippen molar-refractivity contribution in [3.63, 3.8) is 0 Å². The molecule has 0 spiro atoms. The molecule has 0 bridgehead atoms. The van der Waals surface area contributed by atoms with E-state index in [0.717, 1.165) is 29.9 Å². The largest absolute Gasteiger partial charge is 0.354 e. The number of hydrogen-bond acceptors (Lipinski definition) is 11. The van der Waals surface area contributed by atoms with Crippen LogP contribution < -0.4 is 43.4 Å². The molecule has 2 fully saturated rings. The number of benzene rings is 2. The number of hydrogen-bond donors (Lipinski definition) is 6. The number of anilines is 6. The van der Waals surface area contributed by atoms with Gasteiger partial charge in [0.05, 0.1) is 11.4 Å². The lowest BCUT2D eigenvalue weighted by Gasteiger charge is -2.37. The molecule has 0 aliphatic carbocycles. The van der Waals surface area contributed by atoms with Gasteiger partial charge in [0, 0.05) is 56.0 Å². The third-order valence-electron chi connectivity index (χ3n) is 6.43. The van der Waals surface area contributed by atoms with Crippen LogP contribution in [0.1, 0.15) is 12.8 Å². The molecule has 3 heterocycles. The van der Waals surface area contributed by atoms with Gasteiger partial charge in [-0.15, -0.1) is 0 Å². The molecule has 5 rings (SSSR count). The number of piperidine rings is 2. The summed E-state index contributed by atoms with van der Waals surface area (Å²) in [6.45, 7) is 2.51. The number of para-hydroxylation sites is 3. The van der Waals surface area contributed by atoms with E-state index < -0.39 is 0 Å². The maximum atomic E-state index is 6.26. The standard InChI is InChI=1S/C25H35N11/c26-16-10-17(27)13-35(12-16)24-32-23(33-25(34-24)36-14-18(28)11-19(29)15-36)31-22-9-5-4-8-21(22)30-20-6-2-1-3-7-20/h1-9,16-19,30H,10-15,26-29H2,(H,31,32,33,34). The van der Waals surface area contributed by atoms with E-state index in [-0.39, 0.29) is 24.2 Å². The smallest absolute Gasteiger partial charge is 0.233 e. The van der Waals surface area contributed by atoms with Crippen molar-refractivity contribution in [1.82, 2.24) is 15.0 Å². The molecule has 0 amide bonds. The van der Waals surface area contributed by atoms with Crippen LogP contribution in [0.5, 0.6) is 0 Å². The van der Waals surface area contributed by atoms with Gasteiger partial charge >= 0.3 is 0 Å². The van der Waals surface area contributed by atoms with Gasteiger partial charge in [0.1, 0.15) is 0 Å². The van der Waals surface area contributed by atoms with E-state index in [4.69, 9.17) is 37.9 Å². The quantitative estimate of drug-likeness (QED) is 0.292. The predicted octanol–water partition coefficient (Wildman–Crippen LogP) is 1.09. The highest BCUT2D eigenvalue weighted by Gasteiger charge is 2.28. The third kappa shape index (κ3) is 5.82. The van der Waals surface area contributed by atoms with E-state index in [9.17, 15) is 0 Å². The average Bonchev–Trinajstić information content (AvgIpc) is 2.84. The van der Waals surface area contributed by atoms with E-state index in [2.05, 4.69) is 10.6 Å². The maximum Gasteiger partial charge on any atom is 0.233 e. The Hall–Kier alpha value is -3.51. The van der Waals surface area contributed by atoms with Crippen LogP contribution in [0.25, 0.3) is 0 Å². The lowest BCUT2D eigenvalue weighted by molar-refractivity contribution is 0.441. The van der Waals surface area contributed by atoms with Crippen molar-refractivity contribution in [3.8, 4) is 0 Å². The molecule has 1 aromatic heterocycles. The van der Waals surface area contributed by atoms with Gasteiger partial charge in [-0.2, -0.15) is 15.0 Å². The Morgan fingerprint density at radius 3 is 1.53 bits per heavy atom. The first-order valence-corrected chi connectivity index (χ1v) is 12.4. The highest BCUT2D eigenvalue weighted by molar-refractivity contribution is 5.77. The maximum absolute atomic E-state index is 6.26. The van der Waals surface area contributed by atoms with Crippen LogP contribution in [0.4, 0.5) is 34.9 Å². The summed E-state index contributed by atoms with van der Waals surface area (Å²) in [6.07, 6.45) is 1.54. The van der Waals surface area contributed by atoms with Crippen molar-refractivity contribution < 1.29 is 0 Å². The molecular weight excluding hydrogens is 454 g/mol. The molecule has 0 radical (unpaired) electrons. The highest BCUT2D eigenvalue weighted by Crippen LogP contribution is 2.29. The summed E-state index contributed by atoms with van der Waals surface area (Å²) < 4.78 is 0. The van der Waals surface area contributed by atoms with Crippen molar-refractivity contribution in [1.29, 1.82) is 0 Å². The van der Waals surface area contributed by atoms with Crippen molar-refractivity contribution in [2.75, 3.05) is 46.6 Å². The first-order chi connectivity index (χ1) is 17.4. The average molecular weight is 490 g/mol. The number of nitrogens with zero attached hydrogens (tertiary/aromatic N) is 5. The van der Waals surface area contributed by atoms with Crippen LogP contribution in [0, 0.1) is 0 Å². The van der Waals surface area contributed by atoms with Gasteiger partial charge in [0.25, 0.3) is 0 Å². The fourth-order valence-electron chi connectivity index (χ4n) is 4.88. The molecule has 3 aromatic rings. The minimum Gasteiger partial charge on any atom is -0.354 e. The summed E-state index contributed by atoms with van der Waals surface area (Å²) in [5.41, 5.74) is 27.8. The Balaban J connectivity index is 1.48. The molecule has 0 saturated carbocycles. The molecule has 4 unspecified atom stereocenters. The molecule has 11 nitrogen and oxygen atoms in total. The molecule has 2 aromatic carbocycles. The van der Waals surface area contributed by atoms with Crippen LogP contribution >= 0.6 is 0 Å². The van der Waals surface area contributed by atoms with Crippen LogP contribution in [-0.2, 0) is 0 Å². The number of nitrogens with one attached hydrogen (secondary N) is 2. The van der Waals surface area contributed by atoms with Crippen LogP contribution in [0.3, 0.4) is 0 Å². The fourth-order valence-corrected chi connectivity index (χ4v) is 4.88. The Morgan fingerprint density at radius 2 is 1.03 bits per heavy atom. The lowest BCUT2D eigenvalue weighted by atomic mass is 10.0. The summed E-state index contributed by atoms with van der Waals surface area (Å²) in [5.74, 6) is 1.50. The Morgan fingerprint density at radius 1 is 0.583 bits per heavy atom. The Bertz CT molecular complexity index is 1090. The zero-order chi connectivity index (χ0) is 25.1. The highest BCUT2D eigenvalue weighted by atomic mass is 15.4. The third-order valence-corrected chi connectivity index (χ3v) is 6.43. The first-order valence-electron chi connectivity index (χ1n) is 12.4. The normalized spacial score (nSPS) is 24.4. The van der Waals surface area contributed by atoms with E-state index in [1.54, 1.807) is 0 Å². The van der Waals surface area contributed by atoms with Crippen LogP contribution in [0.15, 0.2) is 54.6 Å². The monoisotopic (exact) mass is 489 g/mol. The lowest BCUT2D eigenvalue weighted by Crippen LogP contribution is -2.54. The molecule has 4 atom stereocenters. The zero-order valence-corrected chi connectivity index (χ0v) is 20.3.